The van der Waals surface area contributed by atoms with E-state index in [-0.39, 0.29) is 17.7 Å². The molecule has 0 bridgehead atoms. The predicted octanol–water partition coefficient (Wildman–Crippen LogP) is 1.55. The third-order valence-electron chi connectivity index (χ3n) is 4.01. The lowest BCUT2D eigenvalue weighted by Crippen LogP contribution is -2.46. The molecule has 5 nitrogen and oxygen atoms in total. The number of carbonyl (C=O) groups excluding carboxylic acids is 1. The first-order valence-corrected chi connectivity index (χ1v) is 9.41. The van der Waals surface area contributed by atoms with E-state index in [0.717, 1.165) is 12.0 Å². The van der Waals surface area contributed by atoms with Crippen molar-refractivity contribution in [2.24, 2.45) is 0 Å². The highest BCUT2D eigenvalue weighted by Gasteiger charge is 2.24. The summed E-state index contributed by atoms with van der Waals surface area (Å²) in [4.78, 5) is 13.0. The number of piperidine rings is 1. The van der Waals surface area contributed by atoms with Gasteiger partial charge in [0.1, 0.15) is 0 Å². The van der Waals surface area contributed by atoms with Crippen LogP contribution in [0.2, 0.25) is 0 Å². The molecule has 0 spiro atoms. The Bertz CT molecular complexity index is 579. The molecule has 0 radical (unpaired) electrons. The molecule has 1 aliphatic heterocycles. The van der Waals surface area contributed by atoms with E-state index in [1.807, 2.05) is 30.3 Å². The Kier molecular flexibility index (Phi) is 5.97. The number of nitrogens with one attached hydrogen (secondary N) is 1. The maximum Gasteiger partial charge on any atom is 0.219 e. The smallest absolute Gasteiger partial charge is 0.219 e. The van der Waals surface area contributed by atoms with Crippen LogP contribution < -0.4 is 4.72 Å². The Hall–Kier alpha value is -1.40. The Morgan fingerprint density at radius 3 is 2.45 bits per heavy atom. The van der Waals surface area contributed by atoms with Gasteiger partial charge in [-0.2, -0.15) is 0 Å². The van der Waals surface area contributed by atoms with E-state index in [9.17, 15) is 13.2 Å². The molecular formula is C16H24N2O3S. The van der Waals surface area contributed by atoms with Gasteiger partial charge in [-0.15, -0.1) is 0 Å². The Labute approximate surface area is 132 Å². The van der Waals surface area contributed by atoms with E-state index in [2.05, 4.69) is 4.72 Å². The van der Waals surface area contributed by atoms with Gasteiger partial charge < -0.3 is 4.90 Å². The standard InChI is InChI=1S/C16H24N2O3S/c1-14(19)18-11-9-16(10-12-18)17-22(20,21)13-5-8-15-6-3-2-4-7-15/h2-4,6-7,16-17H,5,8-13H2,1H3. The molecule has 1 N–H and O–H groups in total. The topological polar surface area (TPSA) is 66.5 Å². The molecule has 22 heavy (non-hydrogen) atoms. The SMILES string of the molecule is CC(=O)N1CCC(NS(=O)(=O)CCCc2ccccc2)CC1. The molecule has 2 rings (SSSR count). The average Bonchev–Trinajstić information content (AvgIpc) is 2.48. The highest BCUT2D eigenvalue weighted by molar-refractivity contribution is 7.89. The van der Waals surface area contributed by atoms with E-state index in [1.165, 1.54) is 0 Å². The van der Waals surface area contributed by atoms with E-state index < -0.39 is 10.0 Å². The van der Waals surface area contributed by atoms with Gasteiger partial charge >= 0.3 is 0 Å². The lowest BCUT2D eigenvalue weighted by molar-refractivity contribution is -0.129. The molecule has 1 amide bonds. The molecule has 1 aromatic rings. The molecule has 0 saturated carbocycles. The number of benzene rings is 1. The monoisotopic (exact) mass is 324 g/mol. The van der Waals surface area contributed by atoms with Gasteiger partial charge in [0.05, 0.1) is 5.75 Å². The summed E-state index contributed by atoms with van der Waals surface area (Å²) in [5.74, 6) is 0.207. The molecule has 1 aliphatic rings. The maximum absolute atomic E-state index is 12.1. The molecule has 0 aliphatic carbocycles. The third-order valence-corrected chi connectivity index (χ3v) is 5.53. The zero-order chi connectivity index (χ0) is 16.0. The predicted molar refractivity (Wildman–Crippen MR) is 87.0 cm³/mol. The number of hydrogen-bond donors (Lipinski definition) is 1. The van der Waals surface area contributed by atoms with Crippen LogP contribution in [0.15, 0.2) is 30.3 Å². The van der Waals surface area contributed by atoms with Crippen molar-refractivity contribution in [3.63, 3.8) is 0 Å². The fraction of sp³-hybridized carbons (Fsp3) is 0.562. The largest absolute Gasteiger partial charge is 0.343 e. The number of sulfonamides is 1. The summed E-state index contributed by atoms with van der Waals surface area (Å²) in [6, 6.07) is 9.86. The first kappa shape index (κ1) is 17.0. The third kappa shape index (κ3) is 5.42. The van der Waals surface area contributed by atoms with Crippen molar-refractivity contribution in [3.05, 3.63) is 35.9 Å². The summed E-state index contributed by atoms with van der Waals surface area (Å²) in [5.41, 5.74) is 1.16. The fourth-order valence-corrected chi connectivity index (χ4v) is 4.12. The van der Waals surface area contributed by atoms with Gasteiger partial charge in [0, 0.05) is 26.1 Å². The summed E-state index contributed by atoms with van der Waals surface area (Å²) in [7, 11) is -3.24. The van der Waals surface area contributed by atoms with Gasteiger partial charge in [0.2, 0.25) is 15.9 Å². The first-order chi connectivity index (χ1) is 10.5. The maximum atomic E-state index is 12.1. The molecule has 122 valence electrons. The Morgan fingerprint density at radius 2 is 1.86 bits per heavy atom. The lowest BCUT2D eigenvalue weighted by atomic mass is 10.1. The summed E-state index contributed by atoms with van der Waals surface area (Å²) >= 11 is 0. The van der Waals surface area contributed by atoms with Crippen molar-refractivity contribution >= 4 is 15.9 Å². The van der Waals surface area contributed by atoms with Crippen LogP contribution in [0.5, 0.6) is 0 Å². The van der Waals surface area contributed by atoms with Crippen molar-refractivity contribution < 1.29 is 13.2 Å². The second-order valence-corrected chi connectivity index (χ2v) is 7.68. The molecule has 0 aromatic heterocycles. The summed E-state index contributed by atoms with van der Waals surface area (Å²) in [6.07, 6.45) is 2.77. The minimum atomic E-state index is -3.24. The lowest BCUT2D eigenvalue weighted by Gasteiger charge is -2.31. The van der Waals surface area contributed by atoms with Crippen LogP contribution in [0, 0.1) is 0 Å². The van der Waals surface area contributed by atoms with Crippen molar-refractivity contribution in [2.45, 2.75) is 38.6 Å². The molecular weight excluding hydrogens is 300 g/mol. The highest BCUT2D eigenvalue weighted by Crippen LogP contribution is 2.12. The number of aryl methyl sites for hydroxylation is 1. The zero-order valence-electron chi connectivity index (χ0n) is 13.0. The highest BCUT2D eigenvalue weighted by atomic mass is 32.2. The molecule has 1 saturated heterocycles. The number of carbonyl (C=O) groups is 1. The second-order valence-electron chi connectivity index (χ2n) is 5.81. The zero-order valence-corrected chi connectivity index (χ0v) is 13.8. The molecule has 0 atom stereocenters. The molecule has 1 aromatic carbocycles. The van der Waals surface area contributed by atoms with Crippen LogP contribution in [0.4, 0.5) is 0 Å². The van der Waals surface area contributed by atoms with Crippen molar-refractivity contribution in [3.8, 4) is 0 Å². The van der Waals surface area contributed by atoms with Gasteiger partial charge in [0.15, 0.2) is 0 Å². The van der Waals surface area contributed by atoms with E-state index >= 15 is 0 Å². The number of rotatable bonds is 6. The van der Waals surface area contributed by atoms with Crippen LogP contribution in [0.1, 0.15) is 31.7 Å². The van der Waals surface area contributed by atoms with Crippen LogP contribution >= 0.6 is 0 Å². The van der Waals surface area contributed by atoms with E-state index in [1.54, 1.807) is 11.8 Å². The number of amides is 1. The molecule has 0 unspecified atom stereocenters. The van der Waals surface area contributed by atoms with Crippen molar-refractivity contribution in [2.75, 3.05) is 18.8 Å². The number of nitrogens with zero attached hydrogens (tertiary/aromatic N) is 1. The molecule has 1 heterocycles. The van der Waals surface area contributed by atoms with E-state index in [0.29, 0.717) is 32.4 Å². The normalized spacial score (nSPS) is 16.7. The van der Waals surface area contributed by atoms with Gasteiger partial charge in [-0.1, -0.05) is 30.3 Å². The van der Waals surface area contributed by atoms with Crippen molar-refractivity contribution in [1.29, 1.82) is 0 Å². The minimum absolute atomic E-state index is 0.0441. The summed E-state index contributed by atoms with van der Waals surface area (Å²) in [6.45, 7) is 2.81. The second kappa shape index (κ2) is 7.74. The van der Waals surface area contributed by atoms with Gasteiger partial charge in [-0.25, -0.2) is 13.1 Å². The van der Waals surface area contributed by atoms with Gasteiger partial charge in [-0.3, -0.25) is 4.79 Å². The van der Waals surface area contributed by atoms with Crippen LogP contribution in [0.25, 0.3) is 0 Å². The number of hydrogen-bond acceptors (Lipinski definition) is 3. The Morgan fingerprint density at radius 1 is 1.23 bits per heavy atom. The molecule has 6 heteroatoms. The molecule has 1 fully saturated rings. The minimum Gasteiger partial charge on any atom is -0.343 e. The fourth-order valence-electron chi connectivity index (χ4n) is 2.74. The summed E-state index contributed by atoms with van der Waals surface area (Å²) < 4.78 is 27.0. The van der Waals surface area contributed by atoms with Crippen LogP contribution in [-0.4, -0.2) is 44.1 Å². The van der Waals surface area contributed by atoms with Crippen LogP contribution in [-0.2, 0) is 21.2 Å². The van der Waals surface area contributed by atoms with E-state index in [4.69, 9.17) is 0 Å². The van der Waals surface area contributed by atoms with Crippen LogP contribution in [0.3, 0.4) is 0 Å². The Balaban J connectivity index is 1.73. The quantitative estimate of drug-likeness (QED) is 0.863. The van der Waals surface area contributed by atoms with Gasteiger partial charge in [-0.05, 0) is 31.2 Å². The first-order valence-electron chi connectivity index (χ1n) is 7.76. The summed E-state index contributed by atoms with van der Waals surface area (Å²) in [5, 5.41) is 0. The van der Waals surface area contributed by atoms with Gasteiger partial charge in [0.25, 0.3) is 0 Å². The average molecular weight is 324 g/mol. The van der Waals surface area contributed by atoms with Crippen molar-refractivity contribution in [1.82, 2.24) is 9.62 Å². The number of likely N-dealkylation sites (tertiary alicyclic amines) is 1.